The summed E-state index contributed by atoms with van der Waals surface area (Å²) in [6.45, 7) is 0.565. The van der Waals surface area contributed by atoms with Crippen LogP contribution >= 0.6 is 11.8 Å². The number of hydrogen-bond donors (Lipinski definition) is 2. The van der Waals surface area contributed by atoms with Gasteiger partial charge in [0.05, 0.1) is 0 Å². The third-order valence-corrected chi connectivity index (χ3v) is 2.49. The number of nitrogens with zero attached hydrogens (tertiary/aromatic N) is 1. The molecule has 0 saturated carbocycles. The molecule has 0 aliphatic carbocycles. The van der Waals surface area contributed by atoms with Gasteiger partial charge in [-0.2, -0.15) is 11.8 Å². The number of terminal acetylenes is 1. The van der Waals surface area contributed by atoms with Gasteiger partial charge in [-0.1, -0.05) is 0 Å². The number of amides is 2. The lowest BCUT2D eigenvalue weighted by Gasteiger charge is -2.20. The van der Waals surface area contributed by atoms with Crippen molar-refractivity contribution < 1.29 is 14.7 Å². The summed E-state index contributed by atoms with van der Waals surface area (Å²) in [5, 5.41) is 11.1. The fourth-order valence-electron chi connectivity index (χ4n) is 0.907. The third-order valence-electron chi connectivity index (χ3n) is 1.90. The summed E-state index contributed by atoms with van der Waals surface area (Å²) in [5.74, 6) is 1.90. The average molecular weight is 244 g/mol. The highest BCUT2D eigenvalue weighted by Crippen LogP contribution is 1.96. The summed E-state index contributed by atoms with van der Waals surface area (Å²) >= 11 is 1.61. The number of aliphatic carboxylic acids is 1. The predicted molar refractivity (Wildman–Crippen MR) is 64.4 cm³/mol. The predicted octanol–water partition coefficient (Wildman–Crippen LogP) is 0.467. The molecule has 0 spiro atoms. The van der Waals surface area contributed by atoms with Gasteiger partial charge in [-0.05, 0) is 6.26 Å². The van der Waals surface area contributed by atoms with Crippen LogP contribution in [0.4, 0.5) is 4.79 Å². The molecule has 0 rings (SSSR count). The van der Waals surface area contributed by atoms with Gasteiger partial charge in [0.25, 0.3) is 0 Å². The lowest BCUT2D eigenvalue weighted by atomic mass is 10.2. The molecule has 90 valence electrons. The number of hydrogen-bond acceptors (Lipinski definition) is 3. The Morgan fingerprint density at radius 3 is 2.69 bits per heavy atom. The molecule has 2 N–H and O–H groups in total. The maximum atomic E-state index is 11.5. The van der Waals surface area contributed by atoms with Crippen LogP contribution in [0.1, 0.15) is 6.42 Å². The molecule has 5 nitrogen and oxygen atoms in total. The van der Waals surface area contributed by atoms with Crippen LogP contribution in [-0.2, 0) is 4.79 Å². The van der Waals surface area contributed by atoms with E-state index < -0.39 is 18.0 Å². The van der Waals surface area contributed by atoms with Crippen molar-refractivity contribution in [3.05, 3.63) is 0 Å². The number of carboxylic acid groups (broad SMARTS) is 1. The number of rotatable bonds is 6. The standard InChI is InChI=1S/C10H16N2O3S/c1-4-5-8(9(13)14)11-10(15)12(2)6-7-16-3/h1,8H,5-7H2,2-3H3,(H,11,15)(H,13,14). The number of urea groups is 1. The maximum Gasteiger partial charge on any atom is 0.327 e. The second kappa shape index (κ2) is 7.88. The summed E-state index contributed by atoms with van der Waals surface area (Å²) in [6, 6.07) is -1.44. The highest BCUT2D eigenvalue weighted by Gasteiger charge is 2.20. The van der Waals surface area contributed by atoms with E-state index in [1.807, 2.05) is 6.26 Å². The van der Waals surface area contributed by atoms with E-state index in [1.165, 1.54) is 4.90 Å². The molecular weight excluding hydrogens is 228 g/mol. The van der Waals surface area contributed by atoms with Gasteiger partial charge in [0.2, 0.25) is 0 Å². The van der Waals surface area contributed by atoms with Gasteiger partial charge in [-0.25, -0.2) is 9.59 Å². The molecule has 0 fully saturated rings. The van der Waals surface area contributed by atoms with Crippen LogP contribution < -0.4 is 5.32 Å². The summed E-state index contributed by atoms with van der Waals surface area (Å²) in [7, 11) is 1.61. The van der Waals surface area contributed by atoms with Crippen LogP contribution in [0.5, 0.6) is 0 Å². The van der Waals surface area contributed by atoms with E-state index in [0.29, 0.717) is 6.54 Å². The van der Waals surface area contributed by atoms with E-state index in [0.717, 1.165) is 5.75 Å². The number of carbonyl (C=O) groups excluding carboxylic acids is 1. The van der Waals surface area contributed by atoms with E-state index in [4.69, 9.17) is 11.5 Å². The fourth-order valence-corrected chi connectivity index (χ4v) is 1.36. The molecule has 0 aromatic rings. The zero-order valence-corrected chi connectivity index (χ0v) is 10.2. The van der Waals surface area contributed by atoms with Crippen molar-refractivity contribution in [2.24, 2.45) is 0 Å². The maximum absolute atomic E-state index is 11.5. The van der Waals surface area contributed by atoms with Crippen molar-refractivity contribution in [3.63, 3.8) is 0 Å². The minimum absolute atomic E-state index is 0.0164. The monoisotopic (exact) mass is 244 g/mol. The third kappa shape index (κ3) is 5.51. The molecule has 6 heteroatoms. The molecule has 0 aromatic heterocycles. The van der Waals surface area contributed by atoms with Crippen molar-refractivity contribution in [3.8, 4) is 12.3 Å². The highest BCUT2D eigenvalue weighted by molar-refractivity contribution is 7.98. The van der Waals surface area contributed by atoms with Crippen molar-refractivity contribution in [1.29, 1.82) is 0 Å². The second-order valence-electron chi connectivity index (χ2n) is 3.16. The molecule has 0 heterocycles. The molecule has 2 amide bonds. The molecule has 0 aliphatic heterocycles. The highest BCUT2D eigenvalue weighted by atomic mass is 32.2. The van der Waals surface area contributed by atoms with Crippen LogP contribution in [0, 0.1) is 12.3 Å². The Kier molecular flexibility index (Phi) is 7.21. The van der Waals surface area contributed by atoms with Crippen molar-refractivity contribution >= 4 is 23.8 Å². The minimum Gasteiger partial charge on any atom is -0.480 e. The first-order valence-corrected chi connectivity index (χ1v) is 6.09. The Balaban J connectivity index is 4.18. The molecule has 0 saturated heterocycles. The van der Waals surface area contributed by atoms with E-state index in [9.17, 15) is 9.59 Å². The van der Waals surface area contributed by atoms with E-state index in [-0.39, 0.29) is 6.42 Å². The van der Waals surface area contributed by atoms with Crippen LogP contribution in [0.2, 0.25) is 0 Å². The quantitative estimate of drug-likeness (QED) is 0.666. The normalized spacial score (nSPS) is 11.3. The molecule has 1 unspecified atom stereocenters. The first-order valence-electron chi connectivity index (χ1n) is 4.69. The van der Waals surface area contributed by atoms with E-state index in [2.05, 4.69) is 11.2 Å². The summed E-state index contributed by atoms with van der Waals surface area (Å²) in [6.07, 6.45) is 6.94. The van der Waals surface area contributed by atoms with Gasteiger partial charge in [0.15, 0.2) is 0 Å². The van der Waals surface area contributed by atoms with Gasteiger partial charge in [-0.15, -0.1) is 12.3 Å². The number of carboxylic acids is 1. The zero-order chi connectivity index (χ0) is 12.6. The van der Waals surface area contributed by atoms with Crippen molar-refractivity contribution in [2.45, 2.75) is 12.5 Å². The molecule has 0 bridgehead atoms. The number of carbonyl (C=O) groups is 2. The van der Waals surface area contributed by atoms with Gasteiger partial charge < -0.3 is 15.3 Å². The van der Waals surface area contributed by atoms with Gasteiger partial charge in [0, 0.05) is 25.8 Å². The van der Waals surface area contributed by atoms with Crippen molar-refractivity contribution in [1.82, 2.24) is 10.2 Å². The van der Waals surface area contributed by atoms with Crippen LogP contribution in [0.3, 0.4) is 0 Å². The summed E-state index contributed by atoms with van der Waals surface area (Å²) < 4.78 is 0. The van der Waals surface area contributed by atoms with E-state index >= 15 is 0 Å². The first-order chi connectivity index (χ1) is 7.52. The Labute approximate surface area is 99.6 Å². The Morgan fingerprint density at radius 1 is 1.62 bits per heavy atom. The van der Waals surface area contributed by atoms with Gasteiger partial charge >= 0.3 is 12.0 Å². The van der Waals surface area contributed by atoms with Crippen molar-refractivity contribution in [2.75, 3.05) is 25.6 Å². The largest absolute Gasteiger partial charge is 0.480 e. The zero-order valence-electron chi connectivity index (χ0n) is 9.40. The topological polar surface area (TPSA) is 69.6 Å². The summed E-state index contributed by atoms with van der Waals surface area (Å²) in [4.78, 5) is 23.7. The summed E-state index contributed by atoms with van der Waals surface area (Å²) in [5.41, 5.74) is 0. The smallest absolute Gasteiger partial charge is 0.327 e. The van der Waals surface area contributed by atoms with Crippen LogP contribution in [0.15, 0.2) is 0 Å². The molecular formula is C10H16N2O3S. The van der Waals surface area contributed by atoms with Crippen LogP contribution in [0.25, 0.3) is 0 Å². The Hall–Kier alpha value is -1.35. The Morgan fingerprint density at radius 2 is 2.25 bits per heavy atom. The fraction of sp³-hybridized carbons (Fsp3) is 0.600. The minimum atomic E-state index is -1.12. The SMILES string of the molecule is C#CCC(NC(=O)N(C)CCSC)C(=O)O. The second-order valence-corrected chi connectivity index (χ2v) is 4.15. The molecule has 1 atom stereocenters. The van der Waals surface area contributed by atoms with Gasteiger partial charge in [0.1, 0.15) is 6.04 Å². The molecule has 0 aliphatic rings. The lowest BCUT2D eigenvalue weighted by Crippen LogP contribution is -2.47. The van der Waals surface area contributed by atoms with Gasteiger partial charge in [-0.3, -0.25) is 0 Å². The number of nitrogens with one attached hydrogen (secondary N) is 1. The van der Waals surface area contributed by atoms with Crippen LogP contribution in [-0.4, -0.2) is 53.6 Å². The lowest BCUT2D eigenvalue weighted by molar-refractivity contribution is -0.139. The van der Waals surface area contributed by atoms with E-state index in [1.54, 1.807) is 18.8 Å². The number of thioether (sulfide) groups is 1. The molecule has 0 aromatic carbocycles. The average Bonchev–Trinajstić information content (AvgIpc) is 2.24. The molecule has 16 heavy (non-hydrogen) atoms. The Bertz CT molecular complexity index is 288. The first kappa shape index (κ1) is 14.6. The molecule has 0 radical (unpaired) electrons.